The molecule has 0 saturated carbocycles. The maximum Gasteiger partial charge on any atom is 0.278 e. The average Bonchev–Trinajstić information content (AvgIpc) is 2.97. The highest BCUT2D eigenvalue weighted by Crippen LogP contribution is 2.44. The standard InChI is InChI=1S/C29H28ClN3O3/c1-17(2)32-28(20-11-13-21(30)14-12-20)33(31-16-15-24(34)27(35)26(31)29(32)36)25-19(4)10-9-18(3)22-7-5-6-8-23(22)25/h5-18,25,28,35H,4H2,1-3H3. The number of allylic oxidation sites excluding steroid dienone is 1. The summed E-state index contributed by atoms with van der Waals surface area (Å²) in [5.41, 5.74) is 3.20. The first-order valence-electron chi connectivity index (χ1n) is 12.0. The smallest absolute Gasteiger partial charge is 0.278 e. The van der Waals surface area contributed by atoms with Gasteiger partial charge in [0.25, 0.3) is 5.91 Å². The molecular formula is C29H28ClN3O3. The molecule has 2 aliphatic rings. The van der Waals surface area contributed by atoms with Gasteiger partial charge in [0, 0.05) is 23.3 Å². The van der Waals surface area contributed by atoms with E-state index < -0.39 is 29.3 Å². The molecule has 3 aromatic rings. The molecule has 1 amide bonds. The maximum absolute atomic E-state index is 13.9. The Morgan fingerprint density at radius 2 is 1.67 bits per heavy atom. The van der Waals surface area contributed by atoms with E-state index in [9.17, 15) is 14.7 Å². The lowest BCUT2D eigenvalue weighted by Gasteiger charge is -2.51. The fourth-order valence-electron chi connectivity index (χ4n) is 5.27. The van der Waals surface area contributed by atoms with E-state index >= 15 is 0 Å². The summed E-state index contributed by atoms with van der Waals surface area (Å²) in [6.07, 6.45) is 5.13. The number of nitrogens with zero attached hydrogens (tertiary/aromatic N) is 3. The van der Waals surface area contributed by atoms with Gasteiger partial charge in [0.2, 0.25) is 5.43 Å². The molecule has 1 aliphatic heterocycles. The lowest BCUT2D eigenvalue weighted by molar-refractivity contribution is 0.0460. The molecule has 1 aliphatic carbocycles. The molecule has 0 radical (unpaired) electrons. The Morgan fingerprint density at radius 1 is 1.00 bits per heavy atom. The monoisotopic (exact) mass is 501 g/mol. The van der Waals surface area contributed by atoms with Crippen LogP contribution in [-0.4, -0.2) is 26.6 Å². The van der Waals surface area contributed by atoms with Crippen LogP contribution in [0, 0.1) is 0 Å². The number of hydrogen-bond acceptors (Lipinski definition) is 4. The first kappa shape index (κ1) is 23.9. The third-order valence-electron chi connectivity index (χ3n) is 6.97. The number of fused-ring (bicyclic) bond motifs is 2. The van der Waals surface area contributed by atoms with Gasteiger partial charge in [-0.3, -0.25) is 19.3 Å². The number of aromatic hydroxyl groups is 1. The average molecular weight is 502 g/mol. The molecule has 0 fully saturated rings. The van der Waals surface area contributed by atoms with Crippen molar-refractivity contribution in [3.8, 4) is 5.75 Å². The molecule has 3 atom stereocenters. The number of halogens is 1. The van der Waals surface area contributed by atoms with Gasteiger partial charge >= 0.3 is 0 Å². The van der Waals surface area contributed by atoms with Gasteiger partial charge < -0.3 is 10.0 Å². The lowest BCUT2D eigenvalue weighted by atomic mass is 9.91. The van der Waals surface area contributed by atoms with Gasteiger partial charge in [-0.1, -0.05) is 73.7 Å². The van der Waals surface area contributed by atoms with E-state index in [4.69, 9.17) is 11.6 Å². The Bertz CT molecular complexity index is 1440. The normalized spacial score (nSPS) is 21.4. The van der Waals surface area contributed by atoms with Crippen LogP contribution in [0.25, 0.3) is 0 Å². The highest BCUT2D eigenvalue weighted by molar-refractivity contribution is 6.30. The molecule has 0 bridgehead atoms. The number of pyridine rings is 1. The predicted molar refractivity (Wildman–Crippen MR) is 142 cm³/mol. The Kier molecular flexibility index (Phi) is 6.00. The number of rotatable bonds is 3. The van der Waals surface area contributed by atoms with Crippen molar-refractivity contribution < 1.29 is 9.90 Å². The molecule has 1 N–H and O–H groups in total. The van der Waals surface area contributed by atoms with Crippen LogP contribution in [0.2, 0.25) is 5.02 Å². The van der Waals surface area contributed by atoms with Gasteiger partial charge in [-0.25, -0.2) is 0 Å². The third-order valence-corrected chi connectivity index (χ3v) is 7.23. The number of carbonyl (C=O) groups is 1. The van der Waals surface area contributed by atoms with Gasteiger partial charge in [0.15, 0.2) is 11.4 Å². The second-order valence-electron chi connectivity index (χ2n) is 9.59. The molecular weight excluding hydrogens is 474 g/mol. The van der Waals surface area contributed by atoms with Gasteiger partial charge in [-0.2, -0.15) is 0 Å². The summed E-state index contributed by atoms with van der Waals surface area (Å²) in [5.74, 6) is -0.830. The molecule has 5 rings (SSSR count). The summed E-state index contributed by atoms with van der Waals surface area (Å²) >= 11 is 6.22. The second kappa shape index (κ2) is 9.03. The summed E-state index contributed by atoms with van der Waals surface area (Å²) < 4.78 is 1.62. The fraction of sp³-hybridized carbons (Fsp3) is 0.241. The summed E-state index contributed by atoms with van der Waals surface area (Å²) in [5, 5.41) is 13.4. The van der Waals surface area contributed by atoms with E-state index in [-0.39, 0.29) is 17.7 Å². The minimum Gasteiger partial charge on any atom is -0.502 e. The highest BCUT2D eigenvalue weighted by Gasteiger charge is 2.45. The molecule has 7 heteroatoms. The van der Waals surface area contributed by atoms with Crippen LogP contribution in [0.1, 0.15) is 66.1 Å². The summed E-state index contributed by atoms with van der Waals surface area (Å²) in [6, 6.07) is 16.2. The van der Waals surface area contributed by atoms with E-state index in [1.54, 1.807) is 27.9 Å². The predicted octanol–water partition coefficient (Wildman–Crippen LogP) is 5.68. The lowest BCUT2D eigenvalue weighted by Crippen LogP contribution is -2.59. The molecule has 0 saturated heterocycles. The number of benzene rings is 2. The van der Waals surface area contributed by atoms with Crippen molar-refractivity contribution in [2.24, 2.45) is 0 Å². The van der Waals surface area contributed by atoms with Crippen LogP contribution in [-0.2, 0) is 0 Å². The van der Waals surface area contributed by atoms with Crippen LogP contribution in [0.3, 0.4) is 0 Å². The van der Waals surface area contributed by atoms with Gasteiger partial charge in [-0.15, -0.1) is 0 Å². The second-order valence-corrected chi connectivity index (χ2v) is 10.0. The Balaban J connectivity index is 1.86. The minimum atomic E-state index is -0.600. The molecule has 184 valence electrons. The summed E-state index contributed by atoms with van der Waals surface area (Å²) in [6.45, 7) is 10.4. The van der Waals surface area contributed by atoms with E-state index in [0.29, 0.717) is 5.02 Å². The molecule has 36 heavy (non-hydrogen) atoms. The van der Waals surface area contributed by atoms with Crippen LogP contribution >= 0.6 is 11.6 Å². The SMILES string of the molecule is C=C1C=CC(C)c2ccccc2C1N1C(c2ccc(Cl)cc2)N(C(C)C)C(=O)c2c(O)c(=O)ccn21. The highest BCUT2D eigenvalue weighted by atomic mass is 35.5. The van der Waals surface area contributed by atoms with Crippen molar-refractivity contribution in [3.05, 3.63) is 123 Å². The zero-order chi connectivity index (χ0) is 25.7. The summed E-state index contributed by atoms with van der Waals surface area (Å²) in [4.78, 5) is 28.0. The van der Waals surface area contributed by atoms with Crippen LogP contribution < -0.4 is 10.4 Å². The van der Waals surface area contributed by atoms with Crippen LogP contribution in [0.4, 0.5) is 0 Å². The van der Waals surface area contributed by atoms with E-state index in [1.165, 1.54) is 6.07 Å². The van der Waals surface area contributed by atoms with Crippen molar-refractivity contribution in [2.75, 3.05) is 5.01 Å². The van der Waals surface area contributed by atoms with Crippen molar-refractivity contribution in [1.82, 2.24) is 9.58 Å². The first-order chi connectivity index (χ1) is 17.2. The van der Waals surface area contributed by atoms with Gasteiger partial charge in [-0.05, 0) is 54.2 Å². The largest absolute Gasteiger partial charge is 0.502 e. The quantitative estimate of drug-likeness (QED) is 0.501. The zero-order valence-electron chi connectivity index (χ0n) is 20.4. The third kappa shape index (κ3) is 3.73. The topological polar surface area (TPSA) is 65.8 Å². The number of amides is 1. The van der Waals surface area contributed by atoms with Crippen molar-refractivity contribution in [3.63, 3.8) is 0 Å². The Labute approximate surface area is 215 Å². The van der Waals surface area contributed by atoms with Crippen LogP contribution in [0.5, 0.6) is 5.75 Å². The van der Waals surface area contributed by atoms with Crippen molar-refractivity contribution >= 4 is 17.5 Å². The molecule has 6 nitrogen and oxygen atoms in total. The number of hydrogen-bond donors (Lipinski definition) is 1. The maximum atomic E-state index is 13.9. The van der Waals surface area contributed by atoms with Crippen molar-refractivity contribution in [1.29, 1.82) is 0 Å². The Hall–Kier alpha value is -3.77. The van der Waals surface area contributed by atoms with E-state index in [0.717, 1.165) is 22.3 Å². The first-order valence-corrected chi connectivity index (χ1v) is 12.4. The minimum absolute atomic E-state index is 0.0621. The van der Waals surface area contributed by atoms with Gasteiger partial charge in [0.1, 0.15) is 6.17 Å². The molecule has 0 spiro atoms. The van der Waals surface area contributed by atoms with Gasteiger partial charge in [0.05, 0.1) is 6.04 Å². The number of carbonyl (C=O) groups excluding carboxylic acids is 1. The van der Waals surface area contributed by atoms with E-state index in [2.05, 4.69) is 31.7 Å². The zero-order valence-corrected chi connectivity index (χ0v) is 21.2. The molecule has 1 aromatic heterocycles. The fourth-order valence-corrected chi connectivity index (χ4v) is 5.39. The summed E-state index contributed by atoms with van der Waals surface area (Å²) in [7, 11) is 0. The van der Waals surface area contributed by atoms with Crippen LogP contribution in [0.15, 0.2) is 89.9 Å². The molecule has 2 heterocycles. The number of aromatic nitrogens is 1. The Morgan fingerprint density at radius 3 is 2.33 bits per heavy atom. The molecule has 2 aromatic carbocycles. The van der Waals surface area contributed by atoms with E-state index in [1.807, 2.05) is 49.2 Å². The van der Waals surface area contributed by atoms with Crippen molar-refractivity contribution in [2.45, 2.75) is 44.9 Å². The molecule has 3 unspecified atom stereocenters.